The number of aromatic nitrogens is 4. The molecule has 0 saturated carbocycles. The summed E-state index contributed by atoms with van der Waals surface area (Å²) in [6.45, 7) is 9.26. The molecule has 2 aromatic heterocycles. The second-order valence-corrected chi connectivity index (χ2v) is 7.18. The Morgan fingerprint density at radius 1 is 1.15 bits per heavy atom. The molecule has 8 nitrogen and oxygen atoms in total. The molecule has 27 heavy (non-hydrogen) atoms. The maximum absolute atomic E-state index is 6.10. The van der Waals surface area contributed by atoms with Gasteiger partial charge in [-0.05, 0) is 51.2 Å². The predicted octanol–water partition coefficient (Wildman–Crippen LogP) is 2.72. The first kappa shape index (κ1) is 19.7. The summed E-state index contributed by atoms with van der Waals surface area (Å²) in [4.78, 5) is 15.8. The van der Waals surface area contributed by atoms with Crippen LogP contribution in [0.1, 0.15) is 46.0 Å². The van der Waals surface area contributed by atoms with Gasteiger partial charge in [-0.2, -0.15) is 15.0 Å². The molecule has 0 spiro atoms. The number of nitrogens with zero attached hydrogens (tertiary/aromatic N) is 5. The Hall–Kier alpha value is -2.09. The first-order valence-electron chi connectivity index (χ1n) is 10.1. The summed E-state index contributed by atoms with van der Waals surface area (Å²) < 4.78 is 13.1. The molecule has 1 aliphatic heterocycles. The van der Waals surface area contributed by atoms with Gasteiger partial charge in [-0.25, -0.2) is 0 Å². The second-order valence-electron chi connectivity index (χ2n) is 7.18. The van der Waals surface area contributed by atoms with E-state index in [9.17, 15) is 0 Å². The highest BCUT2D eigenvalue weighted by molar-refractivity contribution is 5.83. The zero-order valence-corrected chi connectivity index (χ0v) is 16.8. The molecule has 0 amide bonds. The van der Waals surface area contributed by atoms with Crippen LogP contribution >= 0.6 is 0 Å². The zero-order valence-electron chi connectivity index (χ0n) is 16.8. The number of piperidine rings is 1. The van der Waals surface area contributed by atoms with Crippen molar-refractivity contribution in [3.8, 4) is 12.0 Å². The van der Waals surface area contributed by atoms with Crippen molar-refractivity contribution in [3.63, 3.8) is 0 Å². The molecule has 0 aromatic carbocycles. The maximum Gasteiger partial charge on any atom is 0.320 e. The summed E-state index contributed by atoms with van der Waals surface area (Å²) >= 11 is 0. The maximum atomic E-state index is 6.10. The van der Waals surface area contributed by atoms with Gasteiger partial charge in [0, 0.05) is 6.54 Å². The number of methoxy groups -OCH3 is 1. The van der Waals surface area contributed by atoms with Crippen LogP contribution in [0.4, 0.5) is 5.82 Å². The van der Waals surface area contributed by atoms with Crippen LogP contribution in [0, 0.1) is 5.92 Å². The van der Waals surface area contributed by atoms with Gasteiger partial charge < -0.3 is 20.1 Å². The summed E-state index contributed by atoms with van der Waals surface area (Å²) in [5.74, 6) is 1.05. The number of fused-ring (bicyclic) bond motifs is 1. The largest absolute Gasteiger partial charge is 0.468 e. The fourth-order valence-corrected chi connectivity index (χ4v) is 3.61. The number of nitrogens with two attached hydrogens (primary N) is 1. The topological polar surface area (TPSA) is 91.3 Å². The number of aryl methyl sites for hydroxylation is 1. The molecule has 1 saturated heterocycles. The van der Waals surface area contributed by atoms with E-state index >= 15 is 0 Å². The summed E-state index contributed by atoms with van der Waals surface area (Å²) in [5, 5.41) is 0. The summed E-state index contributed by atoms with van der Waals surface area (Å²) in [7, 11) is 1.62. The van der Waals surface area contributed by atoms with Gasteiger partial charge in [0.2, 0.25) is 0 Å². The molecule has 8 heteroatoms. The van der Waals surface area contributed by atoms with Crippen molar-refractivity contribution in [2.24, 2.45) is 5.92 Å². The zero-order chi connectivity index (χ0) is 19.2. The number of likely N-dealkylation sites (tertiary alicyclic amines) is 1. The van der Waals surface area contributed by atoms with Crippen LogP contribution in [0.3, 0.4) is 0 Å². The smallest absolute Gasteiger partial charge is 0.320 e. The van der Waals surface area contributed by atoms with Gasteiger partial charge in [0.1, 0.15) is 0 Å². The molecule has 1 aliphatic rings. The van der Waals surface area contributed by atoms with E-state index in [0.717, 1.165) is 38.3 Å². The van der Waals surface area contributed by atoms with Gasteiger partial charge >= 0.3 is 6.01 Å². The lowest BCUT2D eigenvalue weighted by molar-refractivity contribution is 0.182. The lowest BCUT2D eigenvalue weighted by Crippen LogP contribution is -2.33. The van der Waals surface area contributed by atoms with Crippen molar-refractivity contribution < 1.29 is 9.47 Å². The normalized spacial score (nSPS) is 16.1. The third-order valence-corrected chi connectivity index (χ3v) is 5.39. The number of anilines is 1. The molecule has 0 unspecified atom stereocenters. The van der Waals surface area contributed by atoms with Crippen LogP contribution < -0.4 is 15.2 Å². The van der Waals surface area contributed by atoms with Crippen molar-refractivity contribution in [1.29, 1.82) is 0 Å². The van der Waals surface area contributed by atoms with Gasteiger partial charge in [0.05, 0.1) is 13.7 Å². The van der Waals surface area contributed by atoms with Crippen LogP contribution in [0.2, 0.25) is 0 Å². The van der Waals surface area contributed by atoms with Crippen molar-refractivity contribution in [1.82, 2.24) is 24.4 Å². The Bertz CT molecular complexity index is 739. The van der Waals surface area contributed by atoms with E-state index in [2.05, 4.69) is 33.7 Å². The molecule has 2 N–H and O–H groups in total. The number of imidazole rings is 1. The molecule has 2 aromatic rings. The van der Waals surface area contributed by atoms with E-state index < -0.39 is 0 Å². The van der Waals surface area contributed by atoms with Crippen molar-refractivity contribution in [2.45, 2.75) is 52.5 Å². The standard InChI is InChI=1S/C19H32N6O2/c1-4-6-13-27-18-22-16(20)15-17(23-18)25(19(21-15)26-3)12-9-14-7-10-24(5-2)11-8-14/h14H,4-13H2,1-3H3,(H2,20,22,23). The molecular formula is C19H32N6O2. The minimum Gasteiger partial charge on any atom is -0.468 e. The lowest BCUT2D eigenvalue weighted by atomic mass is 9.93. The second kappa shape index (κ2) is 9.21. The highest BCUT2D eigenvalue weighted by Gasteiger charge is 2.21. The van der Waals surface area contributed by atoms with E-state index in [4.69, 9.17) is 15.2 Å². The van der Waals surface area contributed by atoms with Crippen LogP contribution in [0.15, 0.2) is 0 Å². The average Bonchev–Trinajstić information content (AvgIpc) is 3.05. The Morgan fingerprint density at radius 3 is 2.59 bits per heavy atom. The minimum atomic E-state index is 0.313. The van der Waals surface area contributed by atoms with E-state index in [0.29, 0.717) is 35.6 Å². The Balaban J connectivity index is 1.76. The average molecular weight is 377 g/mol. The van der Waals surface area contributed by atoms with Crippen LogP contribution in [0.5, 0.6) is 12.0 Å². The van der Waals surface area contributed by atoms with Crippen LogP contribution in [0.25, 0.3) is 11.2 Å². The Morgan fingerprint density at radius 2 is 1.93 bits per heavy atom. The molecule has 3 rings (SSSR count). The summed E-state index contributed by atoms with van der Waals surface area (Å²) in [6.07, 6.45) is 5.58. The fraction of sp³-hybridized carbons (Fsp3) is 0.737. The molecule has 1 fully saturated rings. The number of unbranched alkanes of at least 4 members (excludes halogenated alkanes) is 1. The van der Waals surface area contributed by atoms with Gasteiger partial charge in [0.25, 0.3) is 6.01 Å². The van der Waals surface area contributed by atoms with Crippen molar-refractivity contribution >= 4 is 17.0 Å². The quantitative estimate of drug-likeness (QED) is 0.673. The molecular weight excluding hydrogens is 344 g/mol. The molecule has 0 atom stereocenters. The van der Waals surface area contributed by atoms with E-state index in [1.54, 1.807) is 7.11 Å². The lowest BCUT2D eigenvalue weighted by Gasteiger charge is -2.31. The molecule has 0 radical (unpaired) electrons. The predicted molar refractivity (Wildman–Crippen MR) is 106 cm³/mol. The van der Waals surface area contributed by atoms with Gasteiger partial charge in [-0.1, -0.05) is 20.3 Å². The van der Waals surface area contributed by atoms with Crippen molar-refractivity contribution in [2.75, 3.05) is 39.1 Å². The van der Waals surface area contributed by atoms with Crippen LogP contribution in [-0.4, -0.2) is 57.8 Å². The fourth-order valence-electron chi connectivity index (χ4n) is 3.61. The minimum absolute atomic E-state index is 0.313. The highest BCUT2D eigenvalue weighted by Crippen LogP contribution is 2.28. The van der Waals surface area contributed by atoms with Crippen molar-refractivity contribution in [3.05, 3.63) is 0 Å². The summed E-state index contributed by atoms with van der Waals surface area (Å²) in [6, 6.07) is 0.844. The number of nitrogen functional groups attached to an aromatic ring is 1. The third-order valence-electron chi connectivity index (χ3n) is 5.39. The Labute approximate surface area is 161 Å². The number of hydrogen-bond donors (Lipinski definition) is 1. The van der Waals surface area contributed by atoms with E-state index in [-0.39, 0.29) is 0 Å². The first-order chi connectivity index (χ1) is 13.2. The molecule has 0 bridgehead atoms. The first-order valence-corrected chi connectivity index (χ1v) is 10.1. The van der Waals surface area contributed by atoms with Gasteiger partial charge in [-0.15, -0.1) is 0 Å². The molecule has 0 aliphatic carbocycles. The van der Waals surface area contributed by atoms with Gasteiger partial charge in [-0.3, -0.25) is 4.57 Å². The number of rotatable bonds is 9. The van der Waals surface area contributed by atoms with E-state index in [1.165, 1.54) is 25.9 Å². The van der Waals surface area contributed by atoms with Gasteiger partial charge in [0.15, 0.2) is 17.0 Å². The molecule has 3 heterocycles. The summed E-state index contributed by atoms with van der Waals surface area (Å²) in [5.41, 5.74) is 7.37. The number of hydrogen-bond acceptors (Lipinski definition) is 7. The van der Waals surface area contributed by atoms with Crippen LogP contribution in [-0.2, 0) is 6.54 Å². The SMILES string of the molecule is CCCCOc1nc(N)c2nc(OC)n(CCC3CCN(CC)CC3)c2n1. The highest BCUT2D eigenvalue weighted by atomic mass is 16.5. The third kappa shape index (κ3) is 4.61. The number of ether oxygens (including phenoxy) is 2. The Kier molecular flexibility index (Phi) is 6.71. The molecule has 150 valence electrons. The van der Waals surface area contributed by atoms with E-state index in [1.807, 2.05) is 4.57 Å². The monoisotopic (exact) mass is 376 g/mol.